The Morgan fingerprint density at radius 1 is 1.04 bits per heavy atom. The lowest BCUT2D eigenvalue weighted by molar-refractivity contribution is 0.306. The molecule has 1 aliphatic heterocycles. The fourth-order valence-electron chi connectivity index (χ4n) is 3.82. The van der Waals surface area contributed by atoms with Crippen molar-refractivity contribution in [1.82, 2.24) is 9.78 Å². The maximum Gasteiger partial charge on any atom is 0.133 e. The van der Waals surface area contributed by atoms with Crippen LogP contribution in [0, 0.1) is 0 Å². The highest BCUT2D eigenvalue weighted by Crippen LogP contribution is 2.35. The Balaban J connectivity index is 1.55. The van der Waals surface area contributed by atoms with E-state index < -0.39 is 0 Å². The van der Waals surface area contributed by atoms with Gasteiger partial charge in [0.25, 0.3) is 0 Å². The van der Waals surface area contributed by atoms with Crippen LogP contribution in [0.1, 0.15) is 49.4 Å². The normalized spacial score (nSPS) is 12.9. The van der Waals surface area contributed by atoms with Crippen LogP contribution in [0.2, 0.25) is 0 Å². The SMILES string of the molecule is CCC(CC)c1nn(-c2ccc(OCc3ccccc3)cc2)c2c1CCN2. The molecular formula is C23H27N3O. The quantitative estimate of drug-likeness (QED) is 0.619. The zero-order chi connectivity index (χ0) is 18.6. The summed E-state index contributed by atoms with van der Waals surface area (Å²) in [5, 5.41) is 8.50. The van der Waals surface area contributed by atoms with Gasteiger partial charge in [-0.15, -0.1) is 0 Å². The number of benzene rings is 2. The summed E-state index contributed by atoms with van der Waals surface area (Å²) in [7, 11) is 0. The second-order valence-electron chi connectivity index (χ2n) is 7.08. The number of rotatable bonds is 7. The lowest BCUT2D eigenvalue weighted by atomic mass is 9.96. The smallest absolute Gasteiger partial charge is 0.133 e. The third-order valence-corrected chi connectivity index (χ3v) is 5.38. The van der Waals surface area contributed by atoms with Gasteiger partial charge in [0.15, 0.2) is 0 Å². The molecule has 3 aromatic rings. The highest BCUT2D eigenvalue weighted by Gasteiger charge is 2.26. The minimum absolute atomic E-state index is 0.536. The van der Waals surface area contributed by atoms with Gasteiger partial charge in [-0.05, 0) is 49.1 Å². The van der Waals surface area contributed by atoms with E-state index in [-0.39, 0.29) is 0 Å². The number of ether oxygens (including phenoxy) is 1. The third kappa shape index (κ3) is 3.57. The third-order valence-electron chi connectivity index (χ3n) is 5.38. The Kier molecular flexibility index (Phi) is 5.14. The van der Waals surface area contributed by atoms with Crippen molar-refractivity contribution in [3.63, 3.8) is 0 Å². The van der Waals surface area contributed by atoms with Crippen LogP contribution >= 0.6 is 0 Å². The average Bonchev–Trinajstić information content (AvgIpc) is 3.32. The molecule has 0 bridgehead atoms. The zero-order valence-electron chi connectivity index (χ0n) is 16.1. The van der Waals surface area contributed by atoms with Gasteiger partial charge in [0.05, 0.1) is 11.4 Å². The molecule has 0 spiro atoms. The van der Waals surface area contributed by atoms with Crippen LogP contribution in [0.25, 0.3) is 5.69 Å². The molecule has 1 aromatic heterocycles. The number of fused-ring (bicyclic) bond motifs is 1. The molecule has 4 rings (SSSR count). The van der Waals surface area contributed by atoms with Crippen molar-refractivity contribution in [3.8, 4) is 11.4 Å². The molecule has 2 aromatic carbocycles. The number of hydrogen-bond donors (Lipinski definition) is 1. The molecule has 1 aliphatic rings. The number of hydrogen-bond acceptors (Lipinski definition) is 3. The van der Waals surface area contributed by atoms with E-state index in [1.807, 2.05) is 30.3 Å². The maximum atomic E-state index is 5.91. The van der Waals surface area contributed by atoms with Crippen LogP contribution in [0.5, 0.6) is 5.75 Å². The molecule has 4 heteroatoms. The second kappa shape index (κ2) is 7.87. The van der Waals surface area contributed by atoms with Gasteiger partial charge in [-0.1, -0.05) is 44.2 Å². The lowest BCUT2D eigenvalue weighted by Crippen LogP contribution is -2.06. The summed E-state index contributed by atoms with van der Waals surface area (Å²) < 4.78 is 7.97. The molecule has 0 unspecified atom stereocenters. The van der Waals surface area contributed by atoms with Crippen LogP contribution in [0.4, 0.5) is 5.82 Å². The van der Waals surface area contributed by atoms with E-state index >= 15 is 0 Å². The van der Waals surface area contributed by atoms with Crippen LogP contribution < -0.4 is 10.1 Å². The van der Waals surface area contributed by atoms with Gasteiger partial charge >= 0.3 is 0 Å². The summed E-state index contributed by atoms with van der Waals surface area (Å²) in [6.45, 7) is 6.08. The van der Waals surface area contributed by atoms with Crippen LogP contribution in [-0.4, -0.2) is 16.3 Å². The number of nitrogens with one attached hydrogen (secondary N) is 1. The molecule has 1 N–H and O–H groups in total. The minimum Gasteiger partial charge on any atom is -0.489 e. The van der Waals surface area contributed by atoms with Crippen molar-refractivity contribution in [2.75, 3.05) is 11.9 Å². The summed E-state index contributed by atoms with van der Waals surface area (Å²) in [5.74, 6) is 2.57. The highest BCUT2D eigenvalue weighted by atomic mass is 16.5. The summed E-state index contributed by atoms with van der Waals surface area (Å²) >= 11 is 0. The van der Waals surface area contributed by atoms with Gasteiger partial charge in [0.2, 0.25) is 0 Å². The molecule has 0 atom stereocenters. The van der Waals surface area contributed by atoms with Crippen LogP contribution in [-0.2, 0) is 13.0 Å². The zero-order valence-corrected chi connectivity index (χ0v) is 16.1. The Labute approximate surface area is 161 Å². The largest absolute Gasteiger partial charge is 0.489 e. The predicted molar refractivity (Wildman–Crippen MR) is 110 cm³/mol. The van der Waals surface area contributed by atoms with Crippen LogP contribution in [0.3, 0.4) is 0 Å². The van der Waals surface area contributed by atoms with Gasteiger partial charge < -0.3 is 10.1 Å². The fourth-order valence-corrected chi connectivity index (χ4v) is 3.82. The molecule has 140 valence electrons. The number of aromatic nitrogens is 2. The van der Waals surface area contributed by atoms with E-state index in [0.717, 1.165) is 43.1 Å². The first-order chi connectivity index (χ1) is 13.3. The molecule has 4 nitrogen and oxygen atoms in total. The minimum atomic E-state index is 0.536. The van der Waals surface area contributed by atoms with Crippen molar-refractivity contribution < 1.29 is 4.74 Å². The fraction of sp³-hybridized carbons (Fsp3) is 0.348. The summed E-state index contributed by atoms with van der Waals surface area (Å²) in [4.78, 5) is 0. The molecular weight excluding hydrogens is 334 g/mol. The van der Waals surface area contributed by atoms with Gasteiger partial charge in [0.1, 0.15) is 18.2 Å². The van der Waals surface area contributed by atoms with E-state index in [0.29, 0.717) is 12.5 Å². The average molecular weight is 361 g/mol. The molecule has 0 saturated carbocycles. The lowest BCUT2D eigenvalue weighted by Gasteiger charge is -2.11. The molecule has 27 heavy (non-hydrogen) atoms. The first kappa shape index (κ1) is 17.7. The van der Waals surface area contributed by atoms with E-state index in [1.165, 1.54) is 16.8 Å². The van der Waals surface area contributed by atoms with Crippen molar-refractivity contribution in [1.29, 1.82) is 0 Å². The van der Waals surface area contributed by atoms with E-state index in [1.54, 1.807) is 0 Å². The number of anilines is 1. The second-order valence-corrected chi connectivity index (χ2v) is 7.08. The summed E-state index contributed by atoms with van der Waals surface area (Å²) in [6.07, 6.45) is 3.33. The van der Waals surface area contributed by atoms with E-state index in [4.69, 9.17) is 9.84 Å². The van der Waals surface area contributed by atoms with Crippen molar-refractivity contribution in [2.24, 2.45) is 0 Å². The maximum absolute atomic E-state index is 5.91. The molecule has 0 radical (unpaired) electrons. The van der Waals surface area contributed by atoms with E-state index in [2.05, 4.69) is 48.1 Å². The van der Waals surface area contributed by atoms with E-state index in [9.17, 15) is 0 Å². The van der Waals surface area contributed by atoms with Gasteiger partial charge in [-0.2, -0.15) is 5.10 Å². The Bertz CT molecular complexity index is 880. The Hall–Kier alpha value is -2.75. The Morgan fingerprint density at radius 3 is 2.48 bits per heavy atom. The molecule has 2 heterocycles. The number of nitrogens with zero attached hydrogens (tertiary/aromatic N) is 2. The molecule has 0 fully saturated rings. The molecule has 0 amide bonds. The molecule has 0 saturated heterocycles. The van der Waals surface area contributed by atoms with Gasteiger partial charge in [0, 0.05) is 18.0 Å². The van der Waals surface area contributed by atoms with Crippen molar-refractivity contribution in [3.05, 3.63) is 71.4 Å². The van der Waals surface area contributed by atoms with Crippen molar-refractivity contribution in [2.45, 2.75) is 45.6 Å². The highest BCUT2D eigenvalue weighted by molar-refractivity contribution is 5.58. The first-order valence-electron chi connectivity index (χ1n) is 9.93. The first-order valence-corrected chi connectivity index (χ1v) is 9.93. The van der Waals surface area contributed by atoms with Gasteiger partial charge in [-0.25, -0.2) is 4.68 Å². The monoisotopic (exact) mass is 361 g/mol. The topological polar surface area (TPSA) is 39.1 Å². The molecule has 0 aliphatic carbocycles. The summed E-state index contributed by atoms with van der Waals surface area (Å²) in [6, 6.07) is 18.5. The summed E-state index contributed by atoms with van der Waals surface area (Å²) in [5.41, 5.74) is 4.91. The standard InChI is InChI=1S/C23H27N3O/c1-3-18(4-2)22-21-14-15-24-23(21)26(25-22)19-10-12-20(13-11-19)27-16-17-8-6-5-7-9-17/h5-13,18,24H,3-4,14-16H2,1-2H3. The van der Waals surface area contributed by atoms with Gasteiger partial charge in [-0.3, -0.25) is 0 Å². The van der Waals surface area contributed by atoms with Crippen molar-refractivity contribution >= 4 is 5.82 Å². The van der Waals surface area contributed by atoms with Crippen LogP contribution in [0.15, 0.2) is 54.6 Å². The Morgan fingerprint density at radius 2 is 1.78 bits per heavy atom. The predicted octanol–water partition coefficient (Wildman–Crippen LogP) is 5.32.